The molecule has 21 heavy (non-hydrogen) atoms. The van der Waals surface area contributed by atoms with Crippen LogP contribution in [0.1, 0.15) is 24.1 Å². The Morgan fingerprint density at radius 3 is 2.62 bits per heavy atom. The molecule has 0 aliphatic heterocycles. The Labute approximate surface area is 125 Å². The van der Waals surface area contributed by atoms with Crippen molar-refractivity contribution in [1.82, 2.24) is 10.3 Å². The SMILES string of the molecule is CCOC(=O)NCC(Cc1ccccn1)c1ccccc1. The number of rotatable bonds is 6. The highest BCUT2D eigenvalue weighted by Crippen LogP contribution is 2.19. The Hall–Kier alpha value is -2.36. The molecule has 0 fully saturated rings. The molecule has 1 aromatic heterocycles. The van der Waals surface area contributed by atoms with Crippen LogP contribution in [0.2, 0.25) is 0 Å². The summed E-state index contributed by atoms with van der Waals surface area (Å²) < 4.78 is 4.91. The Morgan fingerprint density at radius 2 is 1.95 bits per heavy atom. The van der Waals surface area contributed by atoms with Gasteiger partial charge in [0.2, 0.25) is 0 Å². The van der Waals surface area contributed by atoms with Gasteiger partial charge < -0.3 is 10.1 Å². The molecule has 1 heterocycles. The third kappa shape index (κ3) is 4.91. The first-order chi connectivity index (χ1) is 10.3. The van der Waals surface area contributed by atoms with E-state index in [0.29, 0.717) is 13.2 Å². The van der Waals surface area contributed by atoms with Crippen molar-refractivity contribution in [2.24, 2.45) is 0 Å². The van der Waals surface area contributed by atoms with Gasteiger partial charge in [0.25, 0.3) is 0 Å². The molecule has 2 rings (SSSR count). The van der Waals surface area contributed by atoms with Gasteiger partial charge in [-0.3, -0.25) is 4.98 Å². The van der Waals surface area contributed by atoms with Crippen molar-refractivity contribution in [3.63, 3.8) is 0 Å². The van der Waals surface area contributed by atoms with E-state index in [4.69, 9.17) is 4.74 Å². The first-order valence-corrected chi connectivity index (χ1v) is 7.15. The van der Waals surface area contributed by atoms with E-state index in [-0.39, 0.29) is 12.0 Å². The molecule has 0 saturated carbocycles. The number of ether oxygens (including phenoxy) is 1. The second kappa shape index (κ2) is 8.04. The molecule has 1 atom stereocenters. The number of alkyl carbamates (subject to hydrolysis) is 1. The number of carbonyl (C=O) groups is 1. The Balaban J connectivity index is 2.06. The van der Waals surface area contributed by atoms with Crippen LogP contribution in [0.25, 0.3) is 0 Å². The van der Waals surface area contributed by atoms with Crippen molar-refractivity contribution < 1.29 is 9.53 Å². The van der Waals surface area contributed by atoms with E-state index in [2.05, 4.69) is 22.4 Å². The lowest BCUT2D eigenvalue weighted by Gasteiger charge is -2.17. The Bertz CT molecular complexity index is 543. The monoisotopic (exact) mass is 284 g/mol. The quantitative estimate of drug-likeness (QED) is 0.886. The number of pyridine rings is 1. The molecule has 1 amide bonds. The second-order valence-electron chi connectivity index (χ2n) is 4.73. The number of hydrogen-bond donors (Lipinski definition) is 1. The van der Waals surface area contributed by atoms with Crippen molar-refractivity contribution >= 4 is 6.09 Å². The Kier molecular flexibility index (Phi) is 5.76. The number of carbonyl (C=O) groups excluding carboxylic acids is 1. The van der Waals surface area contributed by atoms with Crippen LogP contribution in [0.5, 0.6) is 0 Å². The summed E-state index contributed by atoms with van der Waals surface area (Å²) in [6, 6.07) is 16.0. The van der Waals surface area contributed by atoms with E-state index in [9.17, 15) is 4.79 Å². The van der Waals surface area contributed by atoms with Gasteiger partial charge in [0, 0.05) is 24.4 Å². The first-order valence-electron chi connectivity index (χ1n) is 7.15. The number of benzene rings is 1. The molecule has 1 unspecified atom stereocenters. The predicted octanol–water partition coefficient (Wildman–Crippen LogP) is 3.15. The van der Waals surface area contributed by atoms with Gasteiger partial charge in [-0.25, -0.2) is 4.79 Å². The highest BCUT2D eigenvalue weighted by molar-refractivity contribution is 5.67. The maximum Gasteiger partial charge on any atom is 0.407 e. The van der Waals surface area contributed by atoms with Crippen LogP contribution in [-0.4, -0.2) is 24.2 Å². The van der Waals surface area contributed by atoms with Gasteiger partial charge in [-0.1, -0.05) is 36.4 Å². The van der Waals surface area contributed by atoms with Gasteiger partial charge in [0.1, 0.15) is 0 Å². The molecule has 0 aliphatic rings. The summed E-state index contributed by atoms with van der Waals surface area (Å²) in [5.41, 5.74) is 2.19. The minimum Gasteiger partial charge on any atom is -0.450 e. The molecule has 0 radical (unpaired) electrons. The molecule has 110 valence electrons. The topological polar surface area (TPSA) is 51.2 Å². The number of nitrogens with one attached hydrogen (secondary N) is 1. The van der Waals surface area contributed by atoms with Crippen LogP contribution in [0.15, 0.2) is 54.7 Å². The average Bonchev–Trinajstić information content (AvgIpc) is 2.53. The zero-order valence-electron chi connectivity index (χ0n) is 12.2. The summed E-state index contributed by atoms with van der Waals surface area (Å²) in [5, 5.41) is 2.81. The maximum absolute atomic E-state index is 11.5. The molecule has 0 spiro atoms. The molecule has 0 bridgehead atoms. The molecule has 4 heteroatoms. The van der Waals surface area contributed by atoms with Gasteiger partial charge in [-0.15, -0.1) is 0 Å². The highest BCUT2D eigenvalue weighted by atomic mass is 16.5. The normalized spacial score (nSPS) is 11.7. The molecule has 0 saturated heterocycles. The zero-order chi connectivity index (χ0) is 14.9. The van der Waals surface area contributed by atoms with Crippen molar-refractivity contribution in [2.45, 2.75) is 19.3 Å². The van der Waals surface area contributed by atoms with Gasteiger partial charge in [0.15, 0.2) is 0 Å². The average molecular weight is 284 g/mol. The smallest absolute Gasteiger partial charge is 0.407 e. The zero-order valence-corrected chi connectivity index (χ0v) is 12.2. The van der Waals surface area contributed by atoms with Crippen molar-refractivity contribution in [1.29, 1.82) is 0 Å². The molecular weight excluding hydrogens is 264 g/mol. The molecule has 1 N–H and O–H groups in total. The van der Waals surface area contributed by atoms with Crippen LogP contribution in [0, 0.1) is 0 Å². The fourth-order valence-electron chi connectivity index (χ4n) is 2.19. The number of amides is 1. The fourth-order valence-corrected chi connectivity index (χ4v) is 2.19. The second-order valence-corrected chi connectivity index (χ2v) is 4.73. The van der Waals surface area contributed by atoms with Gasteiger partial charge in [0.05, 0.1) is 6.61 Å². The number of nitrogens with zero attached hydrogens (tertiary/aromatic N) is 1. The summed E-state index contributed by atoms with van der Waals surface area (Å²) in [6.07, 6.45) is 2.19. The van der Waals surface area contributed by atoms with Crippen LogP contribution in [0.4, 0.5) is 4.79 Å². The highest BCUT2D eigenvalue weighted by Gasteiger charge is 2.14. The van der Waals surface area contributed by atoms with Crippen LogP contribution in [-0.2, 0) is 11.2 Å². The van der Waals surface area contributed by atoms with E-state index in [0.717, 1.165) is 12.1 Å². The first kappa shape index (κ1) is 15.0. The van der Waals surface area contributed by atoms with E-state index in [1.54, 1.807) is 13.1 Å². The standard InChI is InChI=1S/C17H20N2O2/c1-2-21-17(20)19-13-15(14-8-4-3-5-9-14)12-16-10-6-7-11-18-16/h3-11,15H,2,12-13H2,1H3,(H,19,20). The van der Waals surface area contributed by atoms with E-state index < -0.39 is 0 Å². The van der Waals surface area contributed by atoms with Crippen LogP contribution in [0.3, 0.4) is 0 Å². The summed E-state index contributed by atoms with van der Waals surface area (Å²) in [4.78, 5) is 15.8. The lowest BCUT2D eigenvalue weighted by molar-refractivity contribution is 0.151. The predicted molar refractivity (Wildman–Crippen MR) is 82.1 cm³/mol. The van der Waals surface area contributed by atoms with Gasteiger partial charge in [-0.05, 0) is 31.0 Å². The van der Waals surface area contributed by atoms with E-state index >= 15 is 0 Å². The molecular formula is C17H20N2O2. The van der Waals surface area contributed by atoms with E-state index in [1.165, 1.54) is 5.56 Å². The van der Waals surface area contributed by atoms with Crippen LogP contribution >= 0.6 is 0 Å². The van der Waals surface area contributed by atoms with Crippen molar-refractivity contribution in [3.05, 3.63) is 66.0 Å². The summed E-state index contributed by atoms with van der Waals surface area (Å²) >= 11 is 0. The summed E-state index contributed by atoms with van der Waals surface area (Å²) in [6.45, 7) is 2.70. The minimum absolute atomic E-state index is 0.172. The van der Waals surface area contributed by atoms with E-state index in [1.807, 2.05) is 36.4 Å². The number of aromatic nitrogens is 1. The minimum atomic E-state index is -0.376. The third-order valence-electron chi connectivity index (χ3n) is 3.22. The maximum atomic E-state index is 11.5. The molecule has 4 nitrogen and oxygen atoms in total. The van der Waals surface area contributed by atoms with Crippen molar-refractivity contribution in [3.8, 4) is 0 Å². The summed E-state index contributed by atoms with van der Waals surface area (Å²) in [7, 11) is 0. The third-order valence-corrected chi connectivity index (χ3v) is 3.22. The lowest BCUT2D eigenvalue weighted by Crippen LogP contribution is -2.30. The molecule has 2 aromatic rings. The largest absolute Gasteiger partial charge is 0.450 e. The van der Waals surface area contributed by atoms with Crippen molar-refractivity contribution in [2.75, 3.05) is 13.2 Å². The molecule has 0 aliphatic carbocycles. The fraction of sp³-hybridized carbons (Fsp3) is 0.294. The molecule has 1 aromatic carbocycles. The van der Waals surface area contributed by atoms with Gasteiger partial charge in [-0.2, -0.15) is 0 Å². The summed E-state index contributed by atoms with van der Waals surface area (Å²) in [5.74, 6) is 0.172. The Morgan fingerprint density at radius 1 is 1.19 bits per heavy atom. The lowest BCUT2D eigenvalue weighted by atomic mass is 9.94. The van der Waals surface area contributed by atoms with Crippen LogP contribution < -0.4 is 5.32 Å². The number of hydrogen-bond acceptors (Lipinski definition) is 3. The van der Waals surface area contributed by atoms with Gasteiger partial charge >= 0.3 is 6.09 Å².